The number of aliphatic hydroxyl groups is 1. The molecule has 1 fully saturated rings. The van der Waals surface area contributed by atoms with Crippen LogP contribution in [-0.4, -0.2) is 21.8 Å². The first-order valence-electron chi connectivity index (χ1n) is 12.7. The number of ether oxygens (including phenoxy) is 1. The van der Waals surface area contributed by atoms with E-state index in [2.05, 4.69) is 31.8 Å². The van der Waals surface area contributed by atoms with Crippen molar-refractivity contribution in [2.45, 2.75) is 45.8 Å². The maximum absolute atomic E-state index is 13.3. The van der Waals surface area contributed by atoms with Gasteiger partial charge in [0, 0.05) is 17.1 Å². The second-order valence-electron chi connectivity index (χ2n) is 10.7. The Labute approximate surface area is 232 Å². The molecular formula is C32H30N2O4S. The van der Waals surface area contributed by atoms with Crippen molar-refractivity contribution >= 4 is 33.9 Å². The van der Waals surface area contributed by atoms with Crippen LogP contribution in [0, 0.1) is 6.92 Å². The summed E-state index contributed by atoms with van der Waals surface area (Å²) >= 11 is 1.27. The molecule has 1 aromatic heterocycles. The van der Waals surface area contributed by atoms with Gasteiger partial charge >= 0.3 is 5.91 Å². The molecule has 1 atom stereocenters. The molecule has 0 bridgehead atoms. The lowest BCUT2D eigenvalue weighted by atomic mass is 9.85. The first-order valence-corrected chi connectivity index (χ1v) is 13.6. The van der Waals surface area contributed by atoms with Crippen molar-refractivity contribution in [1.82, 2.24) is 4.98 Å². The molecule has 0 spiro atoms. The summed E-state index contributed by atoms with van der Waals surface area (Å²) in [5, 5.41) is 13.5. The third-order valence-electron chi connectivity index (χ3n) is 6.78. The fourth-order valence-electron chi connectivity index (χ4n) is 4.68. The second kappa shape index (κ2) is 10.5. The van der Waals surface area contributed by atoms with Gasteiger partial charge in [0.25, 0.3) is 5.78 Å². The summed E-state index contributed by atoms with van der Waals surface area (Å²) in [6, 6.07) is 22.0. The van der Waals surface area contributed by atoms with Crippen LogP contribution >= 0.6 is 11.3 Å². The smallest absolute Gasteiger partial charge is 0.301 e. The Hall–Kier alpha value is -4.23. The maximum Gasteiger partial charge on any atom is 0.301 e. The molecule has 0 saturated carbocycles. The van der Waals surface area contributed by atoms with E-state index in [9.17, 15) is 14.7 Å². The zero-order chi connectivity index (χ0) is 27.7. The summed E-state index contributed by atoms with van der Waals surface area (Å²) in [6.07, 6.45) is 1.59. The minimum atomic E-state index is -0.803. The highest BCUT2D eigenvalue weighted by Gasteiger charge is 2.48. The van der Waals surface area contributed by atoms with Gasteiger partial charge in [0.1, 0.15) is 18.1 Å². The van der Waals surface area contributed by atoms with Crippen LogP contribution in [0.1, 0.15) is 54.6 Å². The third kappa shape index (κ3) is 5.36. The Balaban J connectivity index is 1.50. The van der Waals surface area contributed by atoms with Crippen molar-refractivity contribution in [3.05, 3.63) is 118 Å². The van der Waals surface area contributed by atoms with E-state index >= 15 is 0 Å². The normalized spacial score (nSPS) is 17.0. The summed E-state index contributed by atoms with van der Waals surface area (Å²) in [7, 11) is 0. The van der Waals surface area contributed by atoms with Gasteiger partial charge in [-0.2, -0.15) is 0 Å². The van der Waals surface area contributed by atoms with Crippen LogP contribution in [0.3, 0.4) is 0 Å². The molecule has 198 valence electrons. The van der Waals surface area contributed by atoms with Crippen LogP contribution in [-0.2, 0) is 21.6 Å². The van der Waals surface area contributed by atoms with E-state index < -0.39 is 17.7 Å². The number of thiazole rings is 1. The zero-order valence-corrected chi connectivity index (χ0v) is 23.2. The molecule has 7 heteroatoms. The van der Waals surface area contributed by atoms with E-state index in [1.807, 2.05) is 49.4 Å². The number of benzene rings is 3. The molecule has 0 aliphatic carbocycles. The van der Waals surface area contributed by atoms with E-state index in [0.29, 0.717) is 23.1 Å². The molecule has 1 aliphatic heterocycles. The van der Waals surface area contributed by atoms with Crippen molar-refractivity contribution in [2.24, 2.45) is 0 Å². The highest BCUT2D eigenvalue weighted by Crippen LogP contribution is 2.43. The highest BCUT2D eigenvalue weighted by atomic mass is 32.1. The van der Waals surface area contributed by atoms with Gasteiger partial charge in [-0.1, -0.05) is 74.9 Å². The van der Waals surface area contributed by atoms with E-state index in [4.69, 9.17) is 4.74 Å². The first kappa shape index (κ1) is 26.4. The number of anilines is 1. The van der Waals surface area contributed by atoms with Gasteiger partial charge in [0.2, 0.25) is 0 Å². The van der Waals surface area contributed by atoms with Crippen molar-refractivity contribution in [1.29, 1.82) is 0 Å². The lowest BCUT2D eigenvalue weighted by Gasteiger charge is -2.24. The van der Waals surface area contributed by atoms with Gasteiger partial charge in [-0.15, -0.1) is 11.3 Å². The van der Waals surface area contributed by atoms with Crippen LogP contribution in [0.5, 0.6) is 5.75 Å². The molecule has 2 heterocycles. The fourth-order valence-corrected chi connectivity index (χ4v) is 5.35. The van der Waals surface area contributed by atoms with Gasteiger partial charge in [0.05, 0.1) is 11.6 Å². The molecule has 1 saturated heterocycles. The van der Waals surface area contributed by atoms with Crippen LogP contribution in [0.4, 0.5) is 5.13 Å². The summed E-state index contributed by atoms with van der Waals surface area (Å²) in [5.74, 6) is -1.06. The molecule has 5 rings (SSSR count). The number of carbonyl (C=O) groups is 2. The predicted molar refractivity (Wildman–Crippen MR) is 154 cm³/mol. The maximum atomic E-state index is 13.3. The molecule has 39 heavy (non-hydrogen) atoms. The summed E-state index contributed by atoms with van der Waals surface area (Å²) in [5.41, 5.74) is 4.46. The predicted octanol–water partition coefficient (Wildman–Crippen LogP) is 6.95. The minimum absolute atomic E-state index is 0.0344. The Morgan fingerprint density at radius 2 is 1.74 bits per heavy atom. The van der Waals surface area contributed by atoms with Crippen molar-refractivity contribution in [2.75, 3.05) is 4.90 Å². The molecule has 1 aliphatic rings. The average Bonchev–Trinajstić information content (AvgIpc) is 3.53. The molecule has 4 aromatic rings. The molecule has 1 amide bonds. The van der Waals surface area contributed by atoms with E-state index in [1.165, 1.54) is 16.2 Å². The van der Waals surface area contributed by atoms with Gasteiger partial charge in [-0.3, -0.25) is 14.5 Å². The lowest BCUT2D eigenvalue weighted by molar-refractivity contribution is -0.132. The van der Waals surface area contributed by atoms with E-state index in [1.54, 1.807) is 35.8 Å². The lowest BCUT2D eigenvalue weighted by Crippen LogP contribution is -2.29. The van der Waals surface area contributed by atoms with Crippen molar-refractivity contribution in [3.63, 3.8) is 0 Å². The SMILES string of the molecule is Cc1cccc(COc2ccc(/C(O)=C3\C(=O)C(=O)N(c4nccs4)C3c3ccc(C(C)(C)C)cc3)cc2)c1. The summed E-state index contributed by atoms with van der Waals surface area (Å²) in [4.78, 5) is 32.2. The second-order valence-corrected chi connectivity index (χ2v) is 11.5. The number of carbonyl (C=O) groups excluding carboxylic acids is 2. The average molecular weight is 539 g/mol. The van der Waals surface area contributed by atoms with Gasteiger partial charge in [-0.05, 0) is 53.3 Å². The number of aromatic nitrogens is 1. The number of amides is 1. The van der Waals surface area contributed by atoms with Gasteiger partial charge in [0.15, 0.2) is 5.13 Å². The standard InChI is InChI=1S/C32H30N2O4S/c1-20-6-5-7-21(18-20)19-38-25-14-10-23(11-15-25)28(35)26-27(22-8-12-24(13-9-22)32(2,3)4)34(30(37)29(26)36)31-33-16-17-39-31/h5-18,27,35H,19H2,1-4H3/b28-26+. The van der Waals surface area contributed by atoms with Crippen molar-refractivity contribution < 1.29 is 19.4 Å². The topological polar surface area (TPSA) is 79.7 Å². The third-order valence-corrected chi connectivity index (χ3v) is 7.55. The zero-order valence-electron chi connectivity index (χ0n) is 22.3. The number of hydrogen-bond donors (Lipinski definition) is 1. The molecule has 6 nitrogen and oxygen atoms in total. The highest BCUT2D eigenvalue weighted by molar-refractivity contribution is 7.14. The number of aryl methyl sites for hydroxylation is 1. The number of Topliss-reactive ketones (excluding diaryl/α,β-unsaturated/α-hetero) is 1. The Morgan fingerprint density at radius 3 is 2.36 bits per heavy atom. The van der Waals surface area contributed by atoms with Gasteiger partial charge in [-0.25, -0.2) is 4.98 Å². The van der Waals surface area contributed by atoms with E-state index in [0.717, 1.165) is 22.3 Å². The summed E-state index contributed by atoms with van der Waals surface area (Å²) < 4.78 is 5.91. The number of ketones is 1. The molecule has 0 radical (unpaired) electrons. The van der Waals surface area contributed by atoms with Crippen LogP contribution in [0.2, 0.25) is 0 Å². The molecule has 1 unspecified atom stereocenters. The van der Waals surface area contributed by atoms with Gasteiger partial charge < -0.3 is 9.84 Å². The largest absolute Gasteiger partial charge is 0.507 e. The molecular weight excluding hydrogens is 508 g/mol. The number of hydrogen-bond acceptors (Lipinski definition) is 6. The summed E-state index contributed by atoms with van der Waals surface area (Å²) in [6.45, 7) is 8.82. The number of rotatable bonds is 6. The van der Waals surface area contributed by atoms with Crippen LogP contribution < -0.4 is 9.64 Å². The van der Waals surface area contributed by atoms with Crippen LogP contribution in [0.25, 0.3) is 5.76 Å². The monoisotopic (exact) mass is 538 g/mol. The first-order chi connectivity index (χ1) is 18.6. The number of nitrogens with zero attached hydrogens (tertiary/aromatic N) is 2. The Kier molecular flexibility index (Phi) is 7.10. The Bertz CT molecular complexity index is 1530. The Morgan fingerprint density at radius 1 is 1.03 bits per heavy atom. The minimum Gasteiger partial charge on any atom is -0.507 e. The quantitative estimate of drug-likeness (QED) is 0.163. The van der Waals surface area contributed by atoms with Crippen LogP contribution in [0.15, 0.2) is 89.9 Å². The fraction of sp³-hybridized carbons (Fsp3) is 0.219. The molecule has 1 N–H and O–H groups in total. The van der Waals surface area contributed by atoms with Crippen molar-refractivity contribution in [3.8, 4) is 5.75 Å². The molecule has 3 aromatic carbocycles. The van der Waals surface area contributed by atoms with E-state index in [-0.39, 0.29) is 16.7 Å². The number of aliphatic hydroxyl groups excluding tert-OH is 1.